The van der Waals surface area contributed by atoms with Gasteiger partial charge < -0.3 is 9.64 Å². The Morgan fingerprint density at radius 3 is 2.48 bits per heavy atom. The number of hydrogen-bond acceptors (Lipinski definition) is 4. The molecule has 0 aliphatic carbocycles. The van der Waals surface area contributed by atoms with E-state index in [9.17, 15) is 8.42 Å². The molecular formula is C17H20N2O3S. The molecule has 0 saturated carbocycles. The molecule has 1 N–H and O–H groups in total. The summed E-state index contributed by atoms with van der Waals surface area (Å²) >= 11 is 0. The molecule has 3 rings (SSSR count). The van der Waals surface area contributed by atoms with Crippen molar-refractivity contribution in [3.8, 4) is 11.5 Å². The summed E-state index contributed by atoms with van der Waals surface area (Å²) in [6.07, 6.45) is 0. The Balaban J connectivity index is 1.98. The third-order valence-electron chi connectivity index (χ3n) is 4.10. The van der Waals surface area contributed by atoms with Gasteiger partial charge in [-0.3, -0.25) is 0 Å². The van der Waals surface area contributed by atoms with Crippen LogP contribution in [0, 0.1) is 13.8 Å². The van der Waals surface area contributed by atoms with Crippen molar-refractivity contribution in [1.29, 1.82) is 0 Å². The van der Waals surface area contributed by atoms with Crippen LogP contribution in [0.25, 0.3) is 0 Å². The van der Waals surface area contributed by atoms with Gasteiger partial charge in [-0.15, -0.1) is 0 Å². The Morgan fingerprint density at radius 2 is 1.78 bits per heavy atom. The molecule has 0 spiro atoms. The van der Waals surface area contributed by atoms with E-state index in [0.717, 1.165) is 12.1 Å². The monoisotopic (exact) mass is 332 g/mol. The van der Waals surface area contributed by atoms with E-state index in [4.69, 9.17) is 4.74 Å². The van der Waals surface area contributed by atoms with Gasteiger partial charge >= 0.3 is 0 Å². The van der Waals surface area contributed by atoms with Crippen LogP contribution in [-0.2, 0) is 10.0 Å². The SMILES string of the molecule is CCN1CNS(=O)(=O)c2cc(Oc3ccc(C)c(C)c3)ccc21. The molecule has 5 nitrogen and oxygen atoms in total. The van der Waals surface area contributed by atoms with Crippen molar-refractivity contribution in [2.45, 2.75) is 25.7 Å². The Hall–Kier alpha value is -2.05. The molecule has 2 aromatic carbocycles. The van der Waals surface area contributed by atoms with Crippen LogP contribution in [0.3, 0.4) is 0 Å². The van der Waals surface area contributed by atoms with Gasteiger partial charge in [0.1, 0.15) is 16.4 Å². The molecule has 0 fully saturated rings. The number of fused-ring (bicyclic) bond motifs is 1. The number of nitrogens with one attached hydrogen (secondary N) is 1. The van der Waals surface area contributed by atoms with Crippen LogP contribution in [-0.4, -0.2) is 21.6 Å². The first kappa shape index (κ1) is 15.8. The zero-order chi connectivity index (χ0) is 16.6. The summed E-state index contributed by atoms with van der Waals surface area (Å²) in [5.74, 6) is 1.21. The summed E-state index contributed by atoms with van der Waals surface area (Å²) in [7, 11) is -3.49. The number of aryl methyl sites for hydroxylation is 2. The summed E-state index contributed by atoms with van der Waals surface area (Å²) in [5, 5.41) is 0. The van der Waals surface area contributed by atoms with E-state index in [0.29, 0.717) is 23.9 Å². The molecule has 1 aliphatic rings. The highest BCUT2D eigenvalue weighted by atomic mass is 32.2. The van der Waals surface area contributed by atoms with E-state index in [1.807, 2.05) is 43.9 Å². The standard InChI is InChI=1S/C17H20N2O3S/c1-4-19-11-18-23(20,21)17-10-15(7-8-16(17)19)22-14-6-5-12(2)13(3)9-14/h5-10,18H,4,11H2,1-3H3. The maximum atomic E-state index is 12.2. The first-order chi connectivity index (χ1) is 10.9. The number of sulfonamides is 1. The fraction of sp³-hybridized carbons (Fsp3) is 0.294. The average molecular weight is 332 g/mol. The van der Waals surface area contributed by atoms with Crippen molar-refractivity contribution in [3.05, 3.63) is 47.5 Å². The van der Waals surface area contributed by atoms with Gasteiger partial charge in [0, 0.05) is 12.6 Å². The molecule has 0 bridgehead atoms. The Bertz CT molecular complexity index is 847. The number of benzene rings is 2. The van der Waals surface area contributed by atoms with Crippen molar-refractivity contribution in [3.63, 3.8) is 0 Å². The molecule has 2 aromatic rings. The van der Waals surface area contributed by atoms with Gasteiger partial charge in [0.2, 0.25) is 10.0 Å². The Labute approximate surface area is 136 Å². The van der Waals surface area contributed by atoms with Gasteiger partial charge in [0.05, 0.1) is 12.4 Å². The first-order valence-electron chi connectivity index (χ1n) is 7.54. The van der Waals surface area contributed by atoms with Gasteiger partial charge in [0.15, 0.2) is 0 Å². The highest BCUT2D eigenvalue weighted by Gasteiger charge is 2.27. The smallest absolute Gasteiger partial charge is 0.244 e. The van der Waals surface area contributed by atoms with Gasteiger partial charge in [-0.1, -0.05) is 6.07 Å². The summed E-state index contributed by atoms with van der Waals surface area (Å²) in [4.78, 5) is 2.22. The lowest BCUT2D eigenvalue weighted by Crippen LogP contribution is -2.42. The third-order valence-corrected chi connectivity index (χ3v) is 5.52. The number of hydrogen-bond donors (Lipinski definition) is 1. The lowest BCUT2D eigenvalue weighted by Gasteiger charge is -2.30. The zero-order valence-electron chi connectivity index (χ0n) is 13.5. The van der Waals surface area contributed by atoms with Crippen LogP contribution < -0.4 is 14.4 Å². The number of rotatable bonds is 3. The van der Waals surface area contributed by atoms with Crippen LogP contribution in [0.15, 0.2) is 41.3 Å². The molecule has 6 heteroatoms. The fourth-order valence-electron chi connectivity index (χ4n) is 2.56. The van der Waals surface area contributed by atoms with Crippen molar-refractivity contribution in [2.24, 2.45) is 0 Å². The normalized spacial score (nSPS) is 16.0. The van der Waals surface area contributed by atoms with Crippen LogP contribution in [0.5, 0.6) is 11.5 Å². The van der Waals surface area contributed by atoms with Crippen molar-refractivity contribution in [2.75, 3.05) is 18.1 Å². The maximum Gasteiger partial charge on any atom is 0.244 e. The largest absolute Gasteiger partial charge is 0.457 e. The van der Waals surface area contributed by atoms with Gasteiger partial charge in [0.25, 0.3) is 0 Å². The zero-order valence-corrected chi connectivity index (χ0v) is 14.3. The summed E-state index contributed by atoms with van der Waals surface area (Å²) < 4.78 is 32.9. The van der Waals surface area contributed by atoms with Crippen LogP contribution >= 0.6 is 0 Å². The minimum atomic E-state index is -3.49. The molecule has 0 aromatic heterocycles. The summed E-state index contributed by atoms with van der Waals surface area (Å²) in [5.41, 5.74) is 3.03. The molecule has 0 atom stereocenters. The van der Waals surface area contributed by atoms with E-state index in [2.05, 4.69) is 4.72 Å². The van der Waals surface area contributed by atoms with Crippen molar-refractivity contribution < 1.29 is 13.2 Å². The average Bonchev–Trinajstić information content (AvgIpc) is 2.52. The lowest BCUT2D eigenvalue weighted by molar-refractivity contribution is 0.479. The van der Waals surface area contributed by atoms with E-state index in [1.54, 1.807) is 18.2 Å². The first-order valence-corrected chi connectivity index (χ1v) is 9.03. The number of nitrogens with zero attached hydrogens (tertiary/aromatic N) is 1. The van der Waals surface area contributed by atoms with Crippen molar-refractivity contribution in [1.82, 2.24) is 4.72 Å². The van der Waals surface area contributed by atoms with E-state index in [1.165, 1.54) is 5.56 Å². The highest BCUT2D eigenvalue weighted by Crippen LogP contribution is 2.33. The van der Waals surface area contributed by atoms with Gasteiger partial charge in [-0.25, -0.2) is 8.42 Å². The predicted octanol–water partition coefficient (Wildman–Crippen LogP) is 3.17. The highest BCUT2D eigenvalue weighted by molar-refractivity contribution is 7.89. The molecule has 23 heavy (non-hydrogen) atoms. The summed E-state index contributed by atoms with van der Waals surface area (Å²) in [6.45, 7) is 7.07. The molecule has 1 aliphatic heterocycles. The minimum absolute atomic E-state index is 0.256. The molecule has 122 valence electrons. The Kier molecular flexibility index (Phi) is 4.04. The second-order valence-electron chi connectivity index (χ2n) is 5.64. The fourth-order valence-corrected chi connectivity index (χ4v) is 3.78. The maximum absolute atomic E-state index is 12.2. The second kappa shape index (κ2) is 5.86. The quantitative estimate of drug-likeness (QED) is 0.938. The minimum Gasteiger partial charge on any atom is -0.457 e. The molecular weight excluding hydrogens is 312 g/mol. The molecule has 0 amide bonds. The lowest BCUT2D eigenvalue weighted by atomic mass is 10.1. The second-order valence-corrected chi connectivity index (χ2v) is 7.37. The topological polar surface area (TPSA) is 58.6 Å². The van der Waals surface area contributed by atoms with Crippen LogP contribution in [0.2, 0.25) is 0 Å². The van der Waals surface area contributed by atoms with Crippen LogP contribution in [0.1, 0.15) is 18.1 Å². The van der Waals surface area contributed by atoms with Crippen molar-refractivity contribution >= 4 is 15.7 Å². The van der Waals surface area contributed by atoms with Gasteiger partial charge in [-0.05, 0) is 56.2 Å². The van der Waals surface area contributed by atoms with Crippen LogP contribution in [0.4, 0.5) is 5.69 Å². The number of ether oxygens (including phenoxy) is 1. The van der Waals surface area contributed by atoms with Gasteiger partial charge in [-0.2, -0.15) is 4.72 Å². The molecule has 0 unspecified atom stereocenters. The molecule has 1 heterocycles. The van der Waals surface area contributed by atoms with E-state index < -0.39 is 10.0 Å². The van der Waals surface area contributed by atoms with E-state index in [-0.39, 0.29) is 4.90 Å². The van der Waals surface area contributed by atoms with E-state index >= 15 is 0 Å². The number of anilines is 1. The Morgan fingerprint density at radius 1 is 1.09 bits per heavy atom. The predicted molar refractivity (Wildman–Crippen MR) is 90.6 cm³/mol. The molecule has 0 radical (unpaired) electrons. The third kappa shape index (κ3) is 3.04. The molecule has 0 saturated heterocycles. The summed E-state index contributed by atoms with van der Waals surface area (Å²) in [6, 6.07) is 11.0.